The fourth-order valence-corrected chi connectivity index (χ4v) is 6.96. The largest absolute Gasteiger partial charge is 0.347 e. The van der Waals surface area contributed by atoms with Crippen LogP contribution in [0.25, 0.3) is 21.5 Å². The number of hydrogen-bond donors (Lipinski definition) is 0. The van der Waals surface area contributed by atoms with Gasteiger partial charge in [0.2, 0.25) is 5.69 Å². The average molecular weight is 484 g/mol. The molecular weight excluding hydrogens is 448 g/mol. The van der Waals surface area contributed by atoms with Gasteiger partial charge in [0.15, 0.2) is 5.71 Å². The molecule has 0 saturated carbocycles. The second-order valence-electron chi connectivity index (χ2n) is 11.2. The van der Waals surface area contributed by atoms with Crippen molar-refractivity contribution in [1.29, 1.82) is 0 Å². The normalized spacial score (nSPS) is 21.4. The Morgan fingerprint density at radius 2 is 1.46 bits per heavy atom. The van der Waals surface area contributed by atoms with E-state index in [1.165, 1.54) is 55.5 Å². The molecule has 184 valence electrons. The van der Waals surface area contributed by atoms with Crippen molar-refractivity contribution in [3.05, 3.63) is 121 Å². The van der Waals surface area contributed by atoms with Gasteiger partial charge in [-0.3, -0.25) is 0 Å². The molecule has 0 aromatic heterocycles. The number of likely N-dealkylation sites (N-methyl/N-ethyl adjacent to an activating group) is 1. The number of anilines is 1. The van der Waals surface area contributed by atoms with Crippen LogP contribution in [0.3, 0.4) is 0 Å². The number of rotatable bonds is 4. The maximum absolute atomic E-state index is 4.13. The summed E-state index contributed by atoms with van der Waals surface area (Å²) >= 11 is 0. The summed E-state index contributed by atoms with van der Waals surface area (Å²) in [5.74, 6) is 0. The SMILES string of the molecule is C=CCC1(C)C(/C=C/C=C2/N(C)c3ccc4ccccc4c3C2(C)C)=[N+](C)c2ccc3ccccc3c21. The van der Waals surface area contributed by atoms with Crippen molar-refractivity contribution in [2.75, 3.05) is 19.0 Å². The Morgan fingerprint density at radius 3 is 2.14 bits per heavy atom. The summed E-state index contributed by atoms with van der Waals surface area (Å²) in [5, 5.41) is 5.26. The quantitative estimate of drug-likeness (QED) is 0.209. The average Bonchev–Trinajstić information content (AvgIpc) is 3.23. The van der Waals surface area contributed by atoms with E-state index in [9.17, 15) is 0 Å². The molecule has 4 aromatic rings. The molecule has 0 fully saturated rings. The summed E-state index contributed by atoms with van der Waals surface area (Å²) in [7, 11) is 4.39. The summed E-state index contributed by atoms with van der Waals surface area (Å²) in [6.45, 7) is 11.2. The molecule has 0 radical (unpaired) electrons. The van der Waals surface area contributed by atoms with E-state index in [1.54, 1.807) is 0 Å². The Balaban J connectivity index is 1.44. The first-order valence-corrected chi connectivity index (χ1v) is 13.2. The van der Waals surface area contributed by atoms with Crippen LogP contribution in [-0.4, -0.2) is 24.4 Å². The third-order valence-corrected chi connectivity index (χ3v) is 8.70. The maximum Gasteiger partial charge on any atom is 0.210 e. The topological polar surface area (TPSA) is 6.25 Å². The van der Waals surface area contributed by atoms with Crippen LogP contribution in [-0.2, 0) is 10.8 Å². The molecule has 0 saturated heterocycles. The van der Waals surface area contributed by atoms with Crippen LogP contribution in [0.15, 0.2) is 109 Å². The molecule has 6 rings (SSSR count). The van der Waals surface area contributed by atoms with Crippen LogP contribution < -0.4 is 4.90 Å². The zero-order valence-corrected chi connectivity index (χ0v) is 22.5. The number of fused-ring (bicyclic) bond motifs is 6. The second-order valence-corrected chi connectivity index (χ2v) is 11.2. The summed E-state index contributed by atoms with van der Waals surface area (Å²) < 4.78 is 2.37. The van der Waals surface area contributed by atoms with Gasteiger partial charge >= 0.3 is 0 Å². The molecule has 2 nitrogen and oxygen atoms in total. The molecule has 0 bridgehead atoms. The molecule has 2 heteroatoms. The Kier molecular flexibility index (Phi) is 5.28. The fraction of sp³-hybridized carbons (Fsp3) is 0.229. The lowest BCUT2D eigenvalue weighted by molar-refractivity contribution is -0.401. The van der Waals surface area contributed by atoms with Crippen molar-refractivity contribution in [2.24, 2.45) is 0 Å². The maximum atomic E-state index is 4.13. The molecule has 1 unspecified atom stereocenters. The lowest BCUT2D eigenvalue weighted by atomic mass is 9.74. The minimum Gasteiger partial charge on any atom is -0.347 e. The van der Waals surface area contributed by atoms with Gasteiger partial charge in [-0.15, -0.1) is 6.58 Å². The highest BCUT2D eigenvalue weighted by Gasteiger charge is 2.47. The molecule has 0 N–H and O–H groups in total. The second kappa shape index (κ2) is 8.31. The zero-order valence-electron chi connectivity index (χ0n) is 22.5. The van der Waals surface area contributed by atoms with Crippen molar-refractivity contribution in [1.82, 2.24) is 0 Å². The lowest BCUT2D eigenvalue weighted by Gasteiger charge is -2.24. The van der Waals surface area contributed by atoms with E-state index in [-0.39, 0.29) is 10.8 Å². The molecule has 37 heavy (non-hydrogen) atoms. The van der Waals surface area contributed by atoms with Gasteiger partial charge in [0.05, 0.1) is 5.41 Å². The van der Waals surface area contributed by atoms with Gasteiger partial charge < -0.3 is 4.90 Å². The van der Waals surface area contributed by atoms with Crippen molar-refractivity contribution in [3.63, 3.8) is 0 Å². The Morgan fingerprint density at radius 1 is 0.838 bits per heavy atom. The monoisotopic (exact) mass is 483 g/mol. The van der Waals surface area contributed by atoms with Crippen molar-refractivity contribution in [2.45, 2.75) is 38.0 Å². The van der Waals surface area contributed by atoms with Crippen LogP contribution in [0.4, 0.5) is 11.4 Å². The van der Waals surface area contributed by atoms with E-state index in [0.29, 0.717) is 0 Å². The van der Waals surface area contributed by atoms with Crippen LogP contribution >= 0.6 is 0 Å². The highest BCUT2D eigenvalue weighted by atomic mass is 15.2. The van der Waals surface area contributed by atoms with E-state index < -0.39 is 0 Å². The first kappa shape index (κ1) is 23.5. The van der Waals surface area contributed by atoms with Crippen LogP contribution in [0.5, 0.6) is 0 Å². The summed E-state index contributed by atoms with van der Waals surface area (Å²) in [6, 6.07) is 26.5. The first-order chi connectivity index (χ1) is 17.8. The van der Waals surface area contributed by atoms with Crippen LogP contribution in [0.2, 0.25) is 0 Å². The summed E-state index contributed by atoms with van der Waals surface area (Å²) in [5.41, 5.74) is 7.77. The Hall–Kier alpha value is -3.91. The van der Waals surface area contributed by atoms with Gasteiger partial charge in [0.1, 0.15) is 7.05 Å². The highest BCUT2D eigenvalue weighted by Crippen LogP contribution is 2.50. The molecule has 0 amide bonds. The molecular formula is C35H35N2+. The van der Waals surface area contributed by atoms with E-state index in [1.807, 2.05) is 0 Å². The molecule has 1 atom stereocenters. The van der Waals surface area contributed by atoms with Crippen LogP contribution in [0, 0.1) is 0 Å². The molecule has 4 aromatic carbocycles. The number of benzene rings is 4. The number of hydrogen-bond acceptors (Lipinski definition) is 1. The third kappa shape index (κ3) is 3.28. The third-order valence-electron chi connectivity index (χ3n) is 8.70. The van der Waals surface area contributed by atoms with Crippen molar-refractivity contribution in [3.8, 4) is 0 Å². The zero-order chi connectivity index (χ0) is 25.9. The lowest BCUT2D eigenvalue weighted by Crippen LogP contribution is -2.30. The Labute approximate surface area is 220 Å². The minimum atomic E-state index is -0.141. The molecule has 0 spiro atoms. The predicted octanol–water partition coefficient (Wildman–Crippen LogP) is 8.42. The molecule has 2 aliphatic rings. The smallest absolute Gasteiger partial charge is 0.210 e. The van der Waals surface area contributed by atoms with Gasteiger partial charge in [0.25, 0.3) is 0 Å². The van der Waals surface area contributed by atoms with Crippen LogP contribution in [0.1, 0.15) is 38.3 Å². The van der Waals surface area contributed by atoms with Gasteiger partial charge in [-0.1, -0.05) is 80.6 Å². The first-order valence-electron chi connectivity index (χ1n) is 13.2. The number of allylic oxidation sites excluding steroid dienone is 5. The molecule has 2 aliphatic heterocycles. The minimum absolute atomic E-state index is 0.0921. The fourth-order valence-electron chi connectivity index (χ4n) is 6.96. The molecule has 0 aliphatic carbocycles. The Bertz CT molecular complexity index is 1680. The van der Waals surface area contributed by atoms with Gasteiger partial charge in [-0.25, -0.2) is 0 Å². The number of nitrogens with zero attached hydrogens (tertiary/aromatic N) is 2. The predicted molar refractivity (Wildman–Crippen MR) is 160 cm³/mol. The van der Waals surface area contributed by atoms with Gasteiger partial charge in [-0.05, 0) is 58.7 Å². The van der Waals surface area contributed by atoms with Crippen molar-refractivity contribution >= 4 is 38.6 Å². The van der Waals surface area contributed by atoms with E-state index in [2.05, 4.69) is 148 Å². The van der Waals surface area contributed by atoms with Gasteiger partial charge in [0, 0.05) is 41.6 Å². The highest BCUT2D eigenvalue weighted by molar-refractivity contribution is 6.08. The van der Waals surface area contributed by atoms with Crippen molar-refractivity contribution < 1.29 is 4.58 Å². The standard InChI is InChI=1S/C35H35N2/c1-7-23-35(4)31(37(6)29-22-20-25-14-9-11-16-27(25)33(29)35)18-12-17-30-34(2,3)32-26-15-10-8-13-24(26)19-21-28(32)36(30)5/h7-22H,1,23H2,2-6H3/q+1. The van der Waals surface area contributed by atoms with Gasteiger partial charge in [-0.2, -0.15) is 4.58 Å². The summed E-state index contributed by atoms with van der Waals surface area (Å²) in [4.78, 5) is 2.36. The van der Waals surface area contributed by atoms with E-state index >= 15 is 0 Å². The molecule has 2 heterocycles. The van der Waals surface area contributed by atoms with E-state index in [4.69, 9.17) is 0 Å². The summed E-state index contributed by atoms with van der Waals surface area (Å²) in [6.07, 6.45) is 9.83. The van der Waals surface area contributed by atoms with E-state index in [0.717, 1.165) is 6.42 Å².